The maximum atomic E-state index is 5.27. The molecular weight excluding hydrogens is 294 g/mol. The summed E-state index contributed by atoms with van der Waals surface area (Å²) in [7, 11) is 1.69. The molecule has 2 atom stereocenters. The Morgan fingerprint density at radius 2 is 2.18 bits per heavy atom. The molecule has 22 heavy (non-hydrogen) atoms. The summed E-state index contributed by atoms with van der Waals surface area (Å²) >= 11 is 1.74. The van der Waals surface area contributed by atoms with Crippen molar-refractivity contribution in [3.63, 3.8) is 0 Å². The molecule has 1 aliphatic heterocycles. The van der Waals surface area contributed by atoms with Crippen molar-refractivity contribution in [3.8, 4) is 5.75 Å². The molecule has 1 fully saturated rings. The van der Waals surface area contributed by atoms with E-state index < -0.39 is 0 Å². The number of nitrogens with one attached hydrogen (secondary N) is 1. The van der Waals surface area contributed by atoms with Crippen LogP contribution < -0.4 is 10.2 Å². The van der Waals surface area contributed by atoms with Crippen LogP contribution >= 0.6 is 11.8 Å². The maximum absolute atomic E-state index is 5.27. The van der Waals surface area contributed by atoms with Crippen molar-refractivity contribution >= 4 is 22.6 Å². The molecule has 0 radical (unpaired) electrons. The lowest BCUT2D eigenvalue weighted by molar-refractivity contribution is 0.333. The van der Waals surface area contributed by atoms with E-state index in [0.29, 0.717) is 12.0 Å². The number of hydrogen-bond acceptors (Lipinski definition) is 4. The number of hydrazone groups is 1. The number of ether oxygens (including phenoxy) is 1. The largest absolute Gasteiger partial charge is 0.497 e. The number of hydrogen-bond donors (Lipinski definition) is 1. The van der Waals surface area contributed by atoms with Crippen LogP contribution in [0.15, 0.2) is 34.4 Å². The van der Waals surface area contributed by atoms with E-state index in [4.69, 9.17) is 9.73 Å². The summed E-state index contributed by atoms with van der Waals surface area (Å²) in [5.41, 5.74) is 5.28. The van der Waals surface area contributed by atoms with E-state index in [2.05, 4.69) is 23.5 Å². The number of methoxy groups -OCH3 is 1. The minimum absolute atomic E-state index is 0.456. The third-order valence-electron chi connectivity index (χ3n) is 4.38. The molecular formula is C17H23N3OS. The Morgan fingerprint density at radius 1 is 1.32 bits per heavy atom. The average molecular weight is 317 g/mol. The van der Waals surface area contributed by atoms with Gasteiger partial charge in [-0.05, 0) is 30.9 Å². The molecule has 1 aromatic carbocycles. The van der Waals surface area contributed by atoms with E-state index in [1.807, 2.05) is 18.2 Å². The predicted octanol–water partition coefficient (Wildman–Crippen LogP) is 3.67. The van der Waals surface area contributed by atoms with Crippen molar-refractivity contribution in [2.75, 3.05) is 12.9 Å². The molecule has 0 amide bonds. The Morgan fingerprint density at radius 3 is 2.91 bits per heavy atom. The minimum atomic E-state index is 0.456. The second kappa shape index (κ2) is 7.18. The van der Waals surface area contributed by atoms with E-state index in [9.17, 15) is 0 Å². The van der Waals surface area contributed by atoms with Crippen LogP contribution in [-0.4, -0.2) is 29.8 Å². The van der Waals surface area contributed by atoms with Gasteiger partial charge in [0.2, 0.25) is 0 Å². The lowest BCUT2D eigenvalue weighted by Gasteiger charge is -2.26. The highest BCUT2D eigenvalue weighted by Gasteiger charge is 2.22. The van der Waals surface area contributed by atoms with E-state index in [1.54, 1.807) is 18.9 Å². The summed E-state index contributed by atoms with van der Waals surface area (Å²) in [6.45, 7) is 2.31. The Hall–Kier alpha value is -1.49. The van der Waals surface area contributed by atoms with Crippen LogP contribution in [0.5, 0.6) is 5.75 Å². The molecule has 118 valence electrons. The summed E-state index contributed by atoms with van der Waals surface area (Å²) in [5, 5.41) is 5.47. The summed E-state index contributed by atoms with van der Waals surface area (Å²) in [6.07, 6.45) is 5.15. The zero-order chi connectivity index (χ0) is 15.4. The molecule has 4 nitrogen and oxygen atoms in total. The van der Waals surface area contributed by atoms with Gasteiger partial charge in [0.1, 0.15) is 5.75 Å². The van der Waals surface area contributed by atoms with Gasteiger partial charge < -0.3 is 4.74 Å². The number of aliphatic imine (C=N–C) groups is 1. The fraction of sp³-hybridized carbons (Fsp3) is 0.529. The van der Waals surface area contributed by atoms with Gasteiger partial charge in [0.25, 0.3) is 0 Å². The van der Waals surface area contributed by atoms with E-state index in [-0.39, 0.29) is 0 Å². The summed E-state index contributed by atoms with van der Waals surface area (Å²) in [4.78, 5) is 4.87. The van der Waals surface area contributed by atoms with Gasteiger partial charge in [-0.1, -0.05) is 43.7 Å². The van der Waals surface area contributed by atoms with Gasteiger partial charge in [0, 0.05) is 11.3 Å². The number of nitrogens with zero attached hydrogens (tertiary/aromatic N) is 2. The SMILES string of the molecule is COc1cccc(C2=NNC(=NC3CCCCC3C)SC2)c1. The average Bonchev–Trinajstić information content (AvgIpc) is 2.58. The maximum Gasteiger partial charge on any atom is 0.177 e. The van der Waals surface area contributed by atoms with Crippen molar-refractivity contribution in [2.45, 2.75) is 38.6 Å². The normalized spacial score (nSPS) is 27.2. The van der Waals surface area contributed by atoms with Crippen molar-refractivity contribution in [2.24, 2.45) is 16.0 Å². The Bertz CT molecular complexity index is 585. The van der Waals surface area contributed by atoms with Crippen molar-refractivity contribution in [1.82, 2.24) is 5.43 Å². The Kier molecular flexibility index (Phi) is 5.03. The first-order valence-electron chi connectivity index (χ1n) is 7.94. The number of amidine groups is 1. The standard InChI is InChI=1S/C17H23N3OS/c1-12-6-3-4-9-15(12)18-17-20-19-16(11-22-17)13-7-5-8-14(10-13)21-2/h5,7-8,10,12,15H,3-4,6,9,11H2,1-2H3,(H,18,20). The molecule has 1 aliphatic carbocycles. The molecule has 2 aliphatic rings. The topological polar surface area (TPSA) is 46.0 Å². The van der Waals surface area contributed by atoms with Gasteiger partial charge in [-0.3, -0.25) is 10.4 Å². The van der Waals surface area contributed by atoms with E-state index in [0.717, 1.165) is 27.9 Å². The van der Waals surface area contributed by atoms with Crippen molar-refractivity contribution < 1.29 is 4.74 Å². The van der Waals surface area contributed by atoms with Gasteiger partial charge in [-0.15, -0.1) is 0 Å². The quantitative estimate of drug-likeness (QED) is 0.925. The summed E-state index contributed by atoms with van der Waals surface area (Å²) < 4.78 is 5.27. The molecule has 0 aromatic heterocycles. The zero-order valence-corrected chi connectivity index (χ0v) is 14.0. The molecule has 1 aromatic rings. The molecule has 0 saturated heterocycles. The molecule has 5 heteroatoms. The smallest absolute Gasteiger partial charge is 0.177 e. The van der Waals surface area contributed by atoms with E-state index in [1.165, 1.54) is 25.7 Å². The molecule has 0 bridgehead atoms. The summed E-state index contributed by atoms with van der Waals surface area (Å²) in [5.74, 6) is 2.40. The number of rotatable bonds is 3. The zero-order valence-electron chi connectivity index (χ0n) is 13.2. The fourth-order valence-electron chi connectivity index (χ4n) is 2.97. The molecule has 1 heterocycles. The molecule has 1 saturated carbocycles. The second-order valence-corrected chi connectivity index (χ2v) is 6.92. The van der Waals surface area contributed by atoms with Crippen LogP contribution in [-0.2, 0) is 0 Å². The first kappa shape index (κ1) is 15.4. The lowest BCUT2D eigenvalue weighted by Crippen LogP contribution is -2.29. The summed E-state index contributed by atoms with van der Waals surface area (Å²) in [6, 6.07) is 8.48. The highest BCUT2D eigenvalue weighted by atomic mass is 32.2. The first-order valence-corrected chi connectivity index (χ1v) is 8.92. The van der Waals surface area contributed by atoms with Crippen LogP contribution in [0, 0.1) is 5.92 Å². The number of benzene rings is 1. The first-order chi connectivity index (χ1) is 10.8. The van der Waals surface area contributed by atoms with Gasteiger partial charge in [0.05, 0.1) is 18.9 Å². The highest BCUT2D eigenvalue weighted by molar-refractivity contribution is 8.14. The van der Waals surface area contributed by atoms with Gasteiger partial charge >= 0.3 is 0 Å². The van der Waals surface area contributed by atoms with Crippen molar-refractivity contribution in [3.05, 3.63) is 29.8 Å². The van der Waals surface area contributed by atoms with Crippen molar-refractivity contribution in [1.29, 1.82) is 0 Å². The molecule has 0 spiro atoms. The van der Waals surface area contributed by atoms with Crippen LogP contribution in [0.3, 0.4) is 0 Å². The fourth-order valence-corrected chi connectivity index (χ4v) is 3.80. The number of thioether (sulfide) groups is 1. The van der Waals surface area contributed by atoms with Crippen LogP contribution in [0.25, 0.3) is 0 Å². The van der Waals surface area contributed by atoms with Gasteiger partial charge in [-0.25, -0.2) is 0 Å². The van der Waals surface area contributed by atoms with Crippen LogP contribution in [0.2, 0.25) is 0 Å². The predicted molar refractivity (Wildman–Crippen MR) is 94.0 cm³/mol. The van der Waals surface area contributed by atoms with Crippen LogP contribution in [0.1, 0.15) is 38.2 Å². The Balaban J connectivity index is 1.68. The van der Waals surface area contributed by atoms with Gasteiger partial charge in [-0.2, -0.15) is 5.10 Å². The monoisotopic (exact) mass is 317 g/mol. The third kappa shape index (κ3) is 3.64. The third-order valence-corrected chi connectivity index (χ3v) is 5.27. The lowest BCUT2D eigenvalue weighted by atomic mass is 9.86. The highest BCUT2D eigenvalue weighted by Crippen LogP contribution is 2.27. The molecule has 1 N–H and O–H groups in total. The molecule has 2 unspecified atom stereocenters. The second-order valence-electron chi connectivity index (χ2n) is 5.95. The Labute approximate surface area is 136 Å². The molecule has 3 rings (SSSR count). The van der Waals surface area contributed by atoms with Gasteiger partial charge in [0.15, 0.2) is 5.17 Å². The van der Waals surface area contributed by atoms with Crippen LogP contribution in [0.4, 0.5) is 0 Å². The van der Waals surface area contributed by atoms with E-state index >= 15 is 0 Å². The minimum Gasteiger partial charge on any atom is -0.497 e.